The normalized spacial score (nSPS) is 20.8. The summed E-state index contributed by atoms with van der Waals surface area (Å²) in [7, 11) is 0.125. The molecule has 1 heterocycles. The molecule has 0 aliphatic carbocycles. The fraction of sp³-hybridized carbons (Fsp3) is 0.400. The van der Waals surface area contributed by atoms with Crippen LogP contribution in [-0.2, 0) is 0 Å². The lowest BCUT2D eigenvalue weighted by atomic mass is 9.81. The summed E-state index contributed by atoms with van der Waals surface area (Å²) in [6.45, 7) is 4.23. The van der Waals surface area contributed by atoms with E-state index in [4.69, 9.17) is 4.65 Å². The number of benzene rings is 1. The van der Waals surface area contributed by atoms with Crippen LogP contribution in [0.1, 0.15) is 24.9 Å². The molecule has 1 N–H and O–H groups in total. The Morgan fingerprint density at radius 2 is 2.23 bits per heavy atom. The number of nitrogens with one attached hydrogen (secondary N) is 1. The summed E-state index contributed by atoms with van der Waals surface area (Å²) < 4.78 is 5.65. The van der Waals surface area contributed by atoms with Crippen LogP contribution in [-0.4, -0.2) is 7.05 Å². The van der Waals surface area contributed by atoms with Crippen molar-refractivity contribution in [2.24, 2.45) is 0 Å². The molecule has 3 heteroatoms. The van der Waals surface area contributed by atoms with E-state index in [1.165, 1.54) is 5.56 Å². The Morgan fingerprint density at radius 1 is 1.46 bits per heavy atom. The van der Waals surface area contributed by atoms with Gasteiger partial charge in [0.2, 0.25) is 0 Å². The monoisotopic (exact) mass is 175 g/mol. The predicted molar refractivity (Wildman–Crippen MR) is 54.9 cm³/mol. The molecule has 0 spiro atoms. The fourth-order valence-electron chi connectivity index (χ4n) is 1.81. The minimum atomic E-state index is 0.125. The minimum Gasteiger partial charge on any atom is -0.546 e. The highest BCUT2D eigenvalue weighted by atomic mass is 16.4. The summed E-state index contributed by atoms with van der Waals surface area (Å²) in [6.07, 6.45) is 1.10. The first kappa shape index (κ1) is 8.63. The number of hydrogen-bond donors (Lipinski definition) is 1. The van der Waals surface area contributed by atoms with Gasteiger partial charge in [-0.25, -0.2) is 0 Å². The lowest BCUT2D eigenvalue weighted by Gasteiger charge is -2.29. The van der Waals surface area contributed by atoms with Crippen LogP contribution in [0.2, 0.25) is 6.82 Å². The first-order valence-corrected chi connectivity index (χ1v) is 4.83. The van der Waals surface area contributed by atoms with Crippen molar-refractivity contribution in [3.63, 3.8) is 0 Å². The Hall–Kier alpha value is -0.955. The van der Waals surface area contributed by atoms with Gasteiger partial charge in [0.25, 0.3) is 0 Å². The predicted octanol–water partition coefficient (Wildman–Crippen LogP) is 2.24. The zero-order valence-electron chi connectivity index (χ0n) is 8.08. The fourth-order valence-corrected chi connectivity index (χ4v) is 1.81. The van der Waals surface area contributed by atoms with Gasteiger partial charge in [0, 0.05) is 11.6 Å². The summed E-state index contributed by atoms with van der Waals surface area (Å²) in [5.41, 5.74) is 1.28. The maximum absolute atomic E-state index is 5.65. The molecule has 68 valence electrons. The molecule has 1 atom stereocenters. The highest BCUT2D eigenvalue weighted by Gasteiger charge is 2.25. The van der Waals surface area contributed by atoms with Crippen LogP contribution < -0.4 is 9.88 Å². The largest absolute Gasteiger partial charge is 0.546 e. The van der Waals surface area contributed by atoms with Crippen LogP contribution in [0.5, 0.6) is 5.75 Å². The quantitative estimate of drug-likeness (QED) is 0.660. The van der Waals surface area contributed by atoms with E-state index in [0.29, 0.717) is 6.04 Å². The van der Waals surface area contributed by atoms with E-state index >= 15 is 0 Å². The molecule has 1 aliphatic heterocycles. The van der Waals surface area contributed by atoms with Gasteiger partial charge in [0.15, 0.2) is 0 Å². The van der Waals surface area contributed by atoms with Gasteiger partial charge in [-0.2, -0.15) is 0 Å². The van der Waals surface area contributed by atoms with Gasteiger partial charge < -0.3 is 9.88 Å². The van der Waals surface area contributed by atoms with Gasteiger partial charge in [-0.15, -0.1) is 0 Å². The smallest absolute Gasteiger partial charge is 0.443 e. The van der Waals surface area contributed by atoms with Crippen molar-refractivity contribution in [1.82, 2.24) is 5.23 Å². The van der Waals surface area contributed by atoms with Crippen molar-refractivity contribution in [1.29, 1.82) is 0 Å². The van der Waals surface area contributed by atoms with E-state index in [-0.39, 0.29) is 7.05 Å². The highest BCUT2D eigenvalue weighted by Crippen LogP contribution is 2.30. The topological polar surface area (TPSA) is 21.3 Å². The zero-order valence-corrected chi connectivity index (χ0v) is 8.08. The number of hydrogen-bond acceptors (Lipinski definition) is 2. The number of fused-ring (bicyclic) bond motifs is 1. The van der Waals surface area contributed by atoms with Crippen molar-refractivity contribution in [2.45, 2.75) is 26.2 Å². The lowest BCUT2D eigenvalue weighted by Crippen LogP contribution is -2.43. The first-order valence-electron chi connectivity index (χ1n) is 4.83. The highest BCUT2D eigenvalue weighted by molar-refractivity contribution is 6.48. The van der Waals surface area contributed by atoms with Crippen molar-refractivity contribution >= 4 is 7.05 Å². The third-order valence-electron chi connectivity index (χ3n) is 2.44. The molecule has 0 aromatic heterocycles. The van der Waals surface area contributed by atoms with E-state index in [1.54, 1.807) is 0 Å². The van der Waals surface area contributed by atoms with E-state index in [0.717, 1.165) is 12.2 Å². The third-order valence-corrected chi connectivity index (χ3v) is 2.44. The van der Waals surface area contributed by atoms with Gasteiger partial charge in [-0.05, 0) is 19.3 Å². The average Bonchev–Trinajstić information content (AvgIpc) is 2.16. The van der Waals surface area contributed by atoms with Crippen LogP contribution in [0, 0.1) is 0 Å². The van der Waals surface area contributed by atoms with Gasteiger partial charge in [0.05, 0.1) is 0 Å². The number of rotatable bonds is 1. The minimum absolute atomic E-state index is 0.125. The van der Waals surface area contributed by atoms with E-state index < -0.39 is 0 Å². The SMILES string of the molecule is CCC1NB(C)Oc2ccccc21. The molecule has 0 amide bonds. The molecule has 0 radical (unpaired) electrons. The molecular weight excluding hydrogens is 161 g/mol. The molecule has 0 saturated heterocycles. The van der Waals surface area contributed by atoms with Crippen LogP contribution in [0.25, 0.3) is 0 Å². The standard InChI is InChI=1S/C10H14BNO/c1-3-9-8-6-4-5-7-10(8)13-11(2)12-9/h4-7,9,12H,3H2,1-2H3. The Kier molecular flexibility index (Phi) is 2.27. The second-order valence-electron chi connectivity index (χ2n) is 3.43. The molecular formula is C10H14BNO. The molecule has 13 heavy (non-hydrogen) atoms. The molecule has 1 aromatic carbocycles. The summed E-state index contributed by atoms with van der Waals surface area (Å²) in [4.78, 5) is 0. The van der Waals surface area contributed by atoms with Gasteiger partial charge in [-0.1, -0.05) is 25.1 Å². The summed E-state index contributed by atoms with van der Waals surface area (Å²) in [5.74, 6) is 1.03. The Labute approximate surface area is 79.4 Å². The van der Waals surface area contributed by atoms with Crippen LogP contribution >= 0.6 is 0 Å². The molecule has 1 aliphatic rings. The Morgan fingerprint density at radius 3 is 3.00 bits per heavy atom. The molecule has 0 bridgehead atoms. The van der Waals surface area contributed by atoms with E-state index in [1.807, 2.05) is 19.0 Å². The van der Waals surface area contributed by atoms with Crippen molar-refractivity contribution in [3.8, 4) is 5.75 Å². The van der Waals surface area contributed by atoms with E-state index in [2.05, 4.69) is 24.3 Å². The first-order chi connectivity index (χ1) is 6.31. The molecule has 2 rings (SSSR count). The van der Waals surface area contributed by atoms with Crippen LogP contribution in [0.15, 0.2) is 24.3 Å². The summed E-state index contributed by atoms with van der Waals surface area (Å²) >= 11 is 0. The summed E-state index contributed by atoms with van der Waals surface area (Å²) in [6, 6.07) is 8.68. The van der Waals surface area contributed by atoms with Crippen molar-refractivity contribution < 1.29 is 4.65 Å². The molecule has 0 fully saturated rings. The molecule has 1 unspecified atom stereocenters. The molecule has 2 nitrogen and oxygen atoms in total. The lowest BCUT2D eigenvalue weighted by molar-refractivity contribution is 0.465. The van der Waals surface area contributed by atoms with Gasteiger partial charge in [-0.3, -0.25) is 0 Å². The second kappa shape index (κ2) is 3.42. The molecule has 0 saturated carbocycles. The van der Waals surface area contributed by atoms with Gasteiger partial charge in [0.1, 0.15) is 5.75 Å². The number of para-hydroxylation sites is 1. The van der Waals surface area contributed by atoms with Crippen LogP contribution in [0.4, 0.5) is 0 Å². The Bertz CT molecular complexity index is 303. The maximum Gasteiger partial charge on any atom is 0.443 e. The zero-order chi connectivity index (χ0) is 9.26. The summed E-state index contributed by atoms with van der Waals surface area (Å²) in [5, 5.41) is 3.40. The van der Waals surface area contributed by atoms with Crippen molar-refractivity contribution in [2.75, 3.05) is 0 Å². The van der Waals surface area contributed by atoms with Gasteiger partial charge >= 0.3 is 7.05 Å². The molecule has 1 aromatic rings. The second-order valence-corrected chi connectivity index (χ2v) is 3.43. The van der Waals surface area contributed by atoms with E-state index in [9.17, 15) is 0 Å². The maximum atomic E-state index is 5.65. The average molecular weight is 175 g/mol. The third kappa shape index (κ3) is 1.56. The van der Waals surface area contributed by atoms with Crippen LogP contribution in [0.3, 0.4) is 0 Å². The Balaban J connectivity index is 2.37. The van der Waals surface area contributed by atoms with Crippen molar-refractivity contribution in [3.05, 3.63) is 29.8 Å².